The third kappa shape index (κ3) is 6.03. The predicted molar refractivity (Wildman–Crippen MR) is 131 cm³/mol. The maximum Gasteiger partial charge on any atom is 0.251 e. The Balaban J connectivity index is 1.73. The lowest BCUT2D eigenvalue weighted by Crippen LogP contribution is -2.30. The van der Waals surface area contributed by atoms with Crippen LogP contribution < -0.4 is 9.62 Å². The second-order valence-electron chi connectivity index (χ2n) is 7.54. The maximum absolute atomic E-state index is 12.6. The molecule has 0 fully saturated rings. The molecule has 0 saturated heterocycles. The molecular formula is C24H24Cl2N2O3S. The van der Waals surface area contributed by atoms with Crippen molar-refractivity contribution in [3.63, 3.8) is 0 Å². The zero-order valence-electron chi connectivity index (χ0n) is 17.8. The van der Waals surface area contributed by atoms with Crippen LogP contribution in [0.5, 0.6) is 0 Å². The Morgan fingerprint density at radius 1 is 0.938 bits per heavy atom. The van der Waals surface area contributed by atoms with Crippen molar-refractivity contribution >= 4 is 44.8 Å². The van der Waals surface area contributed by atoms with E-state index in [1.165, 1.54) is 4.31 Å². The smallest absolute Gasteiger partial charge is 0.251 e. The van der Waals surface area contributed by atoms with Gasteiger partial charge in [-0.2, -0.15) is 0 Å². The molecule has 0 heterocycles. The summed E-state index contributed by atoms with van der Waals surface area (Å²) in [6, 6.07) is 21.4. The van der Waals surface area contributed by atoms with Gasteiger partial charge in [-0.05, 0) is 47.9 Å². The predicted octanol–water partition coefficient (Wildman–Crippen LogP) is 5.49. The first-order valence-corrected chi connectivity index (χ1v) is 12.6. The number of carbonyl (C=O) groups is 1. The highest BCUT2D eigenvalue weighted by atomic mass is 35.5. The van der Waals surface area contributed by atoms with E-state index in [4.69, 9.17) is 23.2 Å². The minimum Gasteiger partial charge on any atom is -0.351 e. The largest absolute Gasteiger partial charge is 0.351 e. The lowest BCUT2D eigenvalue weighted by molar-refractivity contribution is 0.0951. The Labute approximate surface area is 199 Å². The van der Waals surface area contributed by atoms with Crippen LogP contribution in [0.25, 0.3) is 0 Å². The highest BCUT2D eigenvalue weighted by Crippen LogP contribution is 2.29. The Bertz CT molecular complexity index is 1160. The van der Waals surface area contributed by atoms with Crippen LogP contribution in [-0.2, 0) is 16.6 Å². The van der Waals surface area contributed by atoms with Crippen LogP contribution in [0.3, 0.4) is 0 Å². The summed E-state index contributed by atoms with van der Waals surface area (Å²) < 4.78 is 26.1. The molecule has 0 aliphatic heterocycles. The van der Waals surface area contributed by atoms with Gasteiger partial charge in [-0.25, -0.2) is 8.42 Å². The molecule has 3 rings (SSSR count). The molecule has 0 aliphatic rings. The Morgan fingerprint density at radius 2 is 1.53 bits per heavy atom. The van der Waals surface area contributed by atoms with Gasteiger partial charge in [0.15, 0.2) is 0 Å². The normalized spacial score (nSPS) is 12.2. The number of benzene rings is 3. The van der Waals surface area contributed by atoms with Crippen LogP contribution in [0.15, 0.2) is 72.8 Å². The molecule has 0 spiro atoms. The van der Waals surface area contributed by atoms with E-state index in [1.807, 2.05) is 37.3 Å². The Kier molecular flexibility index (Phi) is 7.82. The second-order valence-corrected chi connectivity index (χ2v) is 10.3. The zero-order valence-corrected chi connectivity index (χ0v) is 20.1. The van der Waals surface area contributed by atoms with Crippen molar-refractivity contribution in [2.24, 2.45) is 0 Å². The van der Waals surface area contributed by atoms with Crippen LogP contribution in [0.2, 0.25) is 10.0 Å². The SMILES string of the molecule is C[C@@H](CNC(=O)c1ccc(N(Cc2c(Cl)cccc2Cl)S(C)(=O)=O)cc1)c1ccccc1. The topological polar surface area (TPSA) is 66.5 Å². The van der Waals surface area contributed by atoms with Gasteiger partial charge in [-0.3, -0.25) is 9.10 Å². The van der Waals surface area contributed by atoms with Gasteiger partial charge in [-0.15, -0.1) is 0 Å². The number of carbonyl (C=O) groups excluding carboxylic acids is 1. The third-order valence-corrected chi connectivity index (χ3v) is 6.97. The summed E-state index contributed by atoms with van der Waals surface area (Å²) in [6.07, 6.45) is 1.11. The summed E-state index contributed by atoms with van der Waals surface area (Å²) in [5, 5.41) is 3.69. The van der Waals surface area contributed by atoms with E-state index in [0.717, 1.165) is 11.8 Å². The van der Waals surface area contributed by atoms with Crippen LogP contribution in [0.4, 0.5) is 5.69 Å². The minimum atomic E-state index is -3.62. The van der Waals surface area contributed by atoms with Crippen molar-refractivity contribution in [3.8, 4) is 0 Å². The molecule has 0 radical (unpaired) electrons. The van der Waals surface area contributed by atoms with Crippen LogP contribution in [-0.4, -0.2) is 27.1 Å². The van der Waals surface area contributed by atoms with Crippen molar-refractivity contribution in [1.82, 2.24) is 5.32 Å². The molecule has 5 nitrogen and oxygen atoms in total. The summed E-state index contributed by atoms with van der Waals surface area (Å²) >= 11 is 12.4. The molecular weight excluding hydrogens is 467 g/mol. The minimum absolute atomic E-state index is 0.0164. The molecule has 1 N–H and O–H groups in total. The summed E-state index contributed by atoms with van der Waals surface area (Å²) in [4.78, 5) is 12.6. The van der Waals surface area contributed by atoms with Gasteiger partial charge >= 0.3 is 0 Å². The van der Waals surface area contributed by atoms with E-state index in [1.54, 1.807) is 42.5 Å². The van der Waals surface area contributed by atoms with Crippen molar-refractivity contribution < 1.29 is 13.2 Å². The van der Waals surface area contributed by atoms with E-state index < -0.39 is 10.0 Å². The van der Waals surface area contributed by atoms with Crippen molar-refractivity contribution in [3.05, 3.63) is 99.5 Å². The Morgan fingerprint density at radius 3 is 2.09 bits per heavy atom. The molecule has 1 atom stereocenters. The summed E-state index contributed by atoms with van der Waals surface area (Å²) in [6.45, 7) is 2.52. The molecule has 0 saturated carbocycles. The van der Waals surface area contributed by atoms with Crippen LogP contribution in [0.1, 0.15) is 34.3 Å². The standard InChI is InChI=1S/C24H24Cl2N2O3S/c1-17(18-7-4-3-5-8-18)15-27-24(29)19-11-13-20(14-12-19)28(32(2,30)31)16-21-22(25)9-6-10-23(21)26/h3-14,17H,15-16H2,1-2H3,(H,27,29)/t17-/m0/s1. The van der Waals surface area contributed by atoms with Gasteiger partial charge < -0.3 is 5.32 Å². The molecule has 32 heavy (non-hydrogen) atoms. The van der Waals surface area contributed by atoms with Crippen LogP contribution in [0, 0.1) is 0 Å². The highest BCUT2D eigenvalue weighted by molar-refractivity contribution is 7.92. The number of halogens is 2. The fourth-order valence-corrected chi connectivity index (χ4v) is 4.64. The third-order valence-electron chi connectivity index (χ3n) is 5.12. The van der Waals surface area contributed by atoms with Gasteiger partial charge in [-0.1, -0.05) is 66.5 Å². The molecule has 0 unspecified atom stereocenters. The maximum atomic E-state index is 12.6. The highest BCUT2D eigenvalue weighted by Gasteiger charge is 2.21. The number of nitrogens with zero attached hydrogens (tertiary/aromatic N) is 1. The van der Waals surface area contributed by atoms with E-state index in [0.29, 0.717) is 33.4 Å². The monoisotopic (exact) mass is 490 g/mol. The first-order valence-electron chi connectivity index (χ1n) is 10.0. The number of hydrogen-bond donors (Lipinski definition) is 1. The second kappa shape index (κ2) is 10.4. The van der Waals surface area contributed by atoms with Gasteiger partial charge in [0.1, 0.15) is 0 Å². The molecule has 3 aromatic carbocycles. The number of rotatable bonds is 8. The van der Waals surface area contributed by atoms with E-state index in [-0.39, 0.29) is 18.4 Å². The number of nitrogens with one attached hydrogen (secondary N) is 1. The zero-order chi connectivity index (χ0) is 23.3. The molecule has 1 amide bonds. The van der Waals surface area contributed by atoms with Crippen molar-refractivity contribution in [2.45, 2.75) is 19.4 Å². The average molecular weight is 491 g/mol. The molecule has 0 bridgehead atoms. The van der Waals surface area contributed by atoms with Gasteiger partial charge in [0.25, 0.3) is 5.91 Å². The first-order chi connectivity index (χ1) is 15.2. The fraction of sp³-hybridized carbons (Fsp3) is 0.208. The average Bonchev–Trinajstić information content (AvgIpc) is 2.77. The number of amides is 1. The van der Waals surface area contributed by atoms with Gasteiger partial charge in [0.05, 0.1) is 18.5 Å². The van der Waals surface area contributed by atoms with E-state index >= 15 is 0 Å². The van der Waals surface area contributed by atoms with Gasteiger partial charge in [0.2, 0.25) is 10.0 Å². The van der Waals surface area contributed by atoms with Crippen molar-refractivity contribution in [2.75, 3.05) is 17.1 Å². The summed E-state index contributed by atoms with van der Waals surface area (Å²) in [5.41, 5.74) is 2.51. The quantitative estimate of drug-likeness (QED) is 0.453. The number of sulfonamides is 1. The fourth-order valence-electron chi connectivity index (χ4n) is 3.25. The van der Waals surface area contributed by atoms with E-state index in [2.05, 4.69) is 5.32 Å². The molecule has 8 heteroatoms. The van der Waals surface area contributed by atoms with Crippen LogP contribution >= 0.6 is 23.2 Å². The van der Waals surface area contributed by atoms with Gasteiger partial charge in [0, 0.05) is 27.7 Å². The molecule has 3 aromatic rings. The number of hydrogen-bond acceptors (Lipinski definition) is 3. The van der Waals surface area contributed by atoms with E-state index in [9.17, 15) is 13.2 Å². The lowest BCUT2D eigenvalue weighted by Gasteiger charge is -2.24. The number of anilines is 1. The molecule has 0 aromatic heterocycles. The molecule has 0 aliphatic carbocycles. The summed E-state index contributed by atoms with van der Waals surface area (Å²) in [5.74, 6) is -0.0556. The Hall–Kier alpha value is -2.54. The first kappa shape index (κ1) is 24.1. The summed E-state index contributed by atoms with van der Waals surface area (Å²) in [7, 11) is -3.62. The lowest BCUT2D eigenvalue weighted by atomic mass is 10.0. The molecule has 168 valence electrons. The van der Waals surface area contributed by atoms with Crippen molar-refractivity contribution in [1.29, 1.82) is 0 Å².